The molecule has 2 aromatic carbocycles. The van der Waals surface area contributed by atoms with Crippen molar-refractivity contribution in [3.63, 3.8) is 0 Å². The van der Waals surface area contributed by atoms with Crippen LogP contribution in [0.4, 0.5) is 0 Å². The van der Waals surface area contributed by atoms with Crippen LogP contribution in [0.5, 0.6) is 11.5 Å². The average Bonchev–Trinajstić information content (AvgIpc) is 2.96. The fraction of sp³-hybridized carbons (Fsp3) is 0.667. The van der Waals surface area contributed by atoms with Crippen LogP contribution in [0.3, 0.4) is 0 Å². The molecule has 0 unspecified atom stereocenters. The lowest BCUT2D eigenvalue weighted by Crippen LogP contribution is -2.15. The first-order valence-corrected chi connectivity index (χ1v) is 16.2. The first-order valence-electron chi connectivity index (χ1n) is 16.2. The van der Waals surface area contributed by atoms with Gasteiger partial charge in [0.1, 0.15) is 11.5 Å². The minimum Gasteiger partial charge on any atom is -0.494 e. The lowest BCUT2D eigenvalue weighted by atomic mass is 9.78. The Morgan fingerprint density at radius 1 is 0.474 bits per heavy atom. The molecule has 0 atom stereocenters. The molecule has 4 rings (SSSR count). The normalized spacial score (nSPS) is 23.7. The topological polar surface area (TPSA) is 18.5 Å². The molecule has 2 aromatic rings. The summed E-state index contributed by atoms with van der Waals surface area (Å²) in [5.74, 6) is 5.83. The van der Waals surface area contributed by atoms with E-state index < -0.39 is 0 Å². The molecule has 2 aliphatic carbocycles. The van der Waals surface area contributed by atoms with Crippen molar-refractivity contribution in [2.45, 2.75) is 117 Å². The van der Waals surface area contributed by atoms with E-state index in [0.717, 1.165) is 48.4 Å². The Kier molecular flexibility index (Phi) is 12.4. The zero-order chi connectivity index (χ0) is 26.4. The van der Waals surface area contributed by atoms with E-state index in [0.29, 0.717) is 0 Å². The number of hydrogen-bond donors (Lipinski definition) is 0. The summed E-state index contributed by atoms with van der Waals surface area (Å²) in [6, 6.07) is 17.2. The van der Waals surface area contributed by atoms with Crippen LogP contribution in [0.2, 0.25) is 0 Å². The molecular formula is C36H54O2. The Hall–Kier alpha value is -1.96. The molecule has 0 N–H and O–H groups in total. The van der Waals surface area contributed by atoms with Crippen LogP contribution < -0.4 is 9.47 Å². The fourth-order valence-corrected chi connectivity index (χ4v) is 7.05. The van der Waals surface area contributed by atoms with Crippen molar-refractivity contribution in [3.05, 3.63) is 48.5 Å². The second kappa shape index (κ2) is 16.2. The zero-order valence-corrected chi connectivity index (χ0v) is 24.5. The van der Waals surface area contributed by atoms with Gasteiger partial charge >= 0.3 is 0 Å². The molecule has 0 aromatic heterocycles. The highest BCUT2D eigenvalue weighted by Gasteiger charge is 2.21. The van der Waals surface area contributed by atoms with Gasteiger partial charge < -0.3 is 9.47 Å². The van der Waals surface area contributed by atoms with Crippen molar-refractivity contribution in [3.8, 4) is 22.6 Å². The summed E-state index contributed by atoms with van der Waals surface area (Å²) in [6.45, 7) is 6.31. The zero-order valence-electron chi connectivity index (χ0n) is 24.5. The average molecular weight is 519 g/mol. The molecule has 0 spiro atoms. The molecule has 210 valence electrons. The number of hydrogen-bond acceptors (Lipinski definition) is 2. The van der Waals surface area contributed by atoms with Gasteiger partial charge in [0.2, 0.25) is 0 Å². The molecule has 38 heavy (non-hydrogen) atoms. The second-order valence-corrected chi connectivity index (χ2v) is 12.4. The predicted octanol–water partition coefficient (Wildman–Crippen LogP) is 10.9. The van der Waals surface area contributed by atoms with Crippen LogP contribution in [0.25, 0.3) is 11.1 Å². The third-order valence-electron chi connectivity index (χ3n) is 9.42. The van der Waals surface area contributed by atoms with E-state index in [4.69, 9.17) is 9.47 Å². The van der Waals surface area contributed by atoms with Gasteiger partial charge in [0.05, 0.1) is 13.2 Å². The highest BCUT2D eigenvalue weighted by Crippen LogP contribution is 2.35. The number of rotatable bonds is 15. The summed E-state index contributed by atoms with van der Waals surface area (Å²) in [7, 11) is 0. The minimum absolute atomic E-state index is 0.834. The Morgan fingerprint density at radius 3 is 1.11 bits per heavy atom. The van der Waals surface area contributed by atoms with Crippen LogP contribution in [0.1, 0.15) is 117 Å². The minimum atomic E-state index is 0.834. The lowest BCUT2D eigenvalue weighted by Gasteiger charge is -2.28. The first kappa shape index (κ1) is 29.0. The molecular weight excluding hydrogens is 464 g/mol. The smallest absolute Gasteiger partial charge is 0.119 e. The van der Waals surface area contributed by atoms with E-state index in [1.165, 1.54) is 114 Å². The largest absolute Gasteiger partial charge is 0.494 e. The maximum absolute atomic E-state index is 6.06. The molecule has 2 saturated carbocycles. The molecule has 0 aliphatic heterocycles. The van der Waals surface area contributed by atoms with Gasteiger partial charge in [-0.15, -0.1) is 0 Å². The van der Waals surface area contributed by atoms with Crippen LogP contribution in [-0.2, 0) is 0 Å². The van der Waals surface area contributed by atoms with Gasteiger partial charge in [0.25, 0.3) is 0 Å². The monoisotopic (exact) mass is 518 g/mol. The SMILES string of the molecule is CCCC1CCC(CCCOc2ccc(-c3ccc(OCCCC4CCC(CCC)CC4)cc3)cc2)CC1. The van der Waals surface area contributed by atoms with Crippen LogP contribution in [0.15, 0.2) is 48.5 Å². The predicted molar refractivity (Wildman–Crippen MR) is 162 cm³/mol. The standard InChI is InChI=1S/C36H54O2/c1-3-7-29-11-15-31(16-12-29)9-5-27-37-35-23-19-33(20-24-35)34-21-25-36(26-22-34)38-28-6-10-32-17-13-30(8-4-2)14-18-32/h19-26,29-32H,3-18,27-28H2,1-2H3. The summed E-state index contributed by atoms with van der Waals surface area (Å²) >= 11 is 0. The van der Waals surface area contributed by atoms with Gasteiger partial charge in [-0.2, -0.15) is 0 Å². The van der Waals surface area contributed by atoms with Crippen LogP contribution >= 0.6 is 0 Å². The third kappa shape index (κ3) is 9.65. The molecule has 0 heterocycles. The lowest BCUT2D eigenvalue weighted by molar-refractivity contribution is 0.230. The maximum Gasteiger partial charge on any atom is 0.119 e. The molecule has 2 fully saturated rings. The van der Waals surface area contributed by atoms with E-state index in [9.17, 15) is 0 Å². The Labute approximate surface area is 233 Å². The number of ether oxygens (including phenoxy) is 2. The van der Waals surface area contributed by atoms with Crippen molar-refractivity contribution >= 4 is 0 Å². The van der Waals surface area contributed by atoms with Gasteiger partial charge in [-0.1, -0.05) is 115 Å². The van der Waals surface area contributed by atoms with Crippen LogP contribution in [-0.4, -0.2) is 13.2 Å². The summed E-state index contributed by atoms with van der Waals surface area (Å²) in [6.07, 6.45) is 22.1. The highest BCUT2D eigenvalue weighted by molar-refractivity contribution is 5.64. The van der Waals surface area contributed by atoms with Gasteiger partial charge in [0.15, 0.2) is 0 Å². The van der Waals surface area contributed by atoms with Crippen LogP contribution in [0, 0.1) is 23.7 Å². The molecule has 0 radical (unpaired) electrons. The molecule has 2 heteroatoms. The van der Waals surface area contributed by atoms with Gasteiger partial charge in [0, 0.05) is 0 Å². The molecule has 0 amide bonds. The first-order chi connectivity index (χ1) is 18.7. The number of benzene rings is 2. The van der Waals surface area contributed by atoms with E-state index in [-0.39, 0.29) is 0 Å². The van der Waals surface area contributed by atoms with Crippen molar-refractivity contribution in [1.82, 2.24) is 0 Å². The fourth-order valence-electron chi connectivity index (χ4n) is 7.05. The third-order valence-corrected chi connectivity index (χ3v) is 9.42. The molecule has 2 nitrogen and oxygen atoms in total. The quantitative estimate of drug-likeness (QED) is 0.218. The Balaban J connectivity index is 1.09. The summed E-state index contributed by atoms with van der Waals surface area (Å²) in [5, 5.41) is 0. The summed E-state index contributed by atoms with van der Waals surface area (Å²) < 4.78 is 12.1. The highest BCUT2D eigenvalue weighted by atomic mass is 16.5. The second-order valence-electron chi connectivity index (χ2n) is 12.4. The van der Waals surface area contributed by atoms with E-state index in [1.54, 1.807) is 0 Å². The van der Waals surface area contributed by atoms with Gasteiger partial charge in [-0.05, 0) is 84.7 Å². The molecule has 2 aliphatic rings. The molecule has 0 saturated heterocycles. The van der Waals surface area contributed by atoms with Crippen molar-refractivity contribution in [2.75, 3.05) is 13.2 Å². The van der Waals surface area contributed by atoms with E-state index in [1.807, 2.05) is 0 Å². The van der Waals surface area contributed by atoms with Crippen molar-refractivity contribution in [2.24, 2.45) is 23.7 Å². The summed E-state index contributed by atoms with van der Waals surface area (Å²) in [4.78, 5) is 0. The van der Waals surface area contributed by atoms with Gasteiger partial charge in [-0.3, -0.25) is 0 Å². The molecule has 0 bridgehead atoms. The Bertz CT molecular complexity index is 795. The van der Waals surface area contributed by atoms with Crippen molar-refractivity contribution < 1.29 is 9.47 Å². The van der Waals surface area contributed by atoms with E-state index in [2.05, 4.69) is 62.4 Å². The Morgan fingerprint density at radius 2 is 0.789 bits per heavy atom. The van der Waals surface area contributed by atoms with E-state index >= 15 is 0 Å². The maximum atomic E-state index is 6.06. The summed E-state index contributed by atoms with van der Waals surface area (Å²) in [5.41, 5.74) is 2.46. The van der Waals surface area contributed by atoms with Gasteiger partial charge in [-0.25, -0.2) is 0 Å². The van der Waals surface area contributed by atoms with Crippen molar-refractivity contribution in [1.29, 1.82) is 0 Å².